The zero-order chi connectivity index (χ0) is 13.8. The zero-order valence-corrected chi connectivity index (χ0v) is 12.6. The molecule has 0 radical (unpaired) electrons. The molecule has 0 aliphatic carbocycles. The Balaban J connectivity index is 2.74. The van der Waals surface area contributed by atoms with Crippen LogP contribution in [-0.4, -0.2) is 27.2 Å². The maximum Gasteiger partial charge on any atom is 0.309 e. The lowest BCUT2D eigenvalue weighted by Gasteiger charge is -2.10. The predicted octanol–water partition coefficient (Wildman–Crippen LogP) is 2.17. The standard InChI is InChI=1S/C12H15BrO4S/c1-9(12(14)17-2)7-18(15,16)8-10-4-3-5-11(13)6-10/h3-6,9H,7-8H2,1-2H3. The summed E-state index contributed by atoms with van der Waals surface area (Å²) in [6.07, 6.45) is 0. The van der Waals surface area contributed by atoms with Gasteiger partial charge in [-0.15, -0.1) is 0 Å². The van der Waals surface area contributed by atoms with E-state index in [1.165, 1.54) is 7.11 Å². The van der Waals surface area contributed by atoms with Crippen LogP contribution in [0.2, 0.25) is 0 Å². The van der Waals surface area contributed by atoms with Crippen LogP contribution in [0.1, 0.15) is 12.5 Å². The molecule has 0 heterocycles. The molecule has 0 aliphatic rings. The molecule has 0 aliphatic heterocycles. The summed E-state index contributed by atoms with van der Waals surface area (Å²) >= 11 is 3.29. The lowest BCUT2D eigenvalue weighted by Crippen LogP contribution is -2.23. The highest BCUT2D eigenvalue weighted by atomic mass is 79.9. The van der Waals surface area contributed by atoms with Gasteiger partial charge in [0.05, 0.1) is 24.5 Å². The van der Waals surface area contributed by atoms with Gasteiger partial charge in [-0.1, -0.05) is 35.0 Å². The average molecular weight is 335 g/mol. The monoisotopic (exact) mass is 334 g/mol. The molecule has 1 unspecified atom stereocenters. The third-order valence-corrected chi connectivity index (χ3v) is 4.66. The Kier molecular flexibility index (Phi) is 5.34. The third-order valence-electron chi connectivity index (χ3n) is 2.38. The maximum absolute atomic E-state index is 11.9. The number of carbonyl (C=O) groups is 1. The van der Waals surface area contributed by atoms with Crippen molar-refractivity contribution in [3.8, 4) is 0 Å². The first-order valence-electron chi connectivity index (χ1n) is 5.37. The van der Waals surface area contributed by atoms with E-state index >= 15 is 0 Å². The lowest BCUT2D eigenvalue weighted by molar-refractivity contribution is -0.144. The van der Waals surface area contributed by atoms with E-state index in [1.54, 1.807) is 25.1 Å². The Morgan fingerprint density at radius 1 is 1.44 bits per heavy atom. The van der Waals surface area contributed by atoms with Crippen molar-refractivity contribution >= 4 is 31.7 Å². The van der Waals surface area contributed by atoms with Crippen molar-refractivity contribution in [1.82, 2.24) is 0 Å². The molecule has 0 N–H and O–H groups in total. The molecule has 1 aromatic carbocycles. The van der Waals surface area contributed by atoms with E-state index in [0.29, 0.717) is 5.56 Å². The summed E-state index contributed by atoms with van der Waals surface area (Å²) in [4.78, 5) is 11.2. The van der Waals surface area contributed by atoms with Gasteiger partial charge in [0.25, 0.3) is 0 Å². The SMILES string of the molecule is COC(=O)C(C)CS(=O)(=O)Cc1cccc(Br)c1. The highest BCUT2D eigenvalue weighted by Crippen LogP contribution is 2.15. The number of ether oxygens (including phenoxy) is 1. The molecular weight excluding hydrogens is 320 g/mol. The Hall–Kier alpha value is -0.880. The van der Waals surface area contributed by atoms with Crippen LogP contribution in [0.3, 0.4) is 0 Å². The van der Waals surface area contributed by atoms with Gasteiger partial charge in [-0.25, -0.2) is 8.42 Å². The number of carbonyl (C=O) groups excluding carboxylic acids is 1. The van der Waals surface area contributed by atoms with E-state index in [9.17, 15) is 13.2 Å². The van der Waals surface area contributed by atoms with Gasteiger partial charge in [-0.2, -0.15) is 0 Å². The number of esters is 1. The Labute approximate surface area is 115 Å². The van der Waals surface area contributed by atoms with Crippen LogP contribution in [0.15, 0.2) is 28.7 Å². The third kappa shape index (κ3) is 4.78. The molecule has 0 amide bonds. The first kappa shape index (κ1) is 15.2. The van der Waals surface area contributed by atoms with Gasteiger partial charge in [0, 0.05) is 4.47 Å². The summed E-state index contributed by atoms with van der Waals surface area (Å²) in [5.41, 5.74) is 0.696. The summed E-state index contributed by atoms with van der Waals surface area (Å²) in [6, 6.07) is 7.09. The number of halogens is 1. The summed E-state index contributed by atoms with van der Waals surface area (Å²) in [6.45, 7) is 1.55. The molecule has 0 saturated heterocycles. The predicted molar refractivity (Wildman–Crippen MR) is 72.8 cm³/mol. The molecule has 4 nitrogen and oxygen atoms in total. The van der Waals surface area contributed by atoms with Crippen LogP contribution in [0, 0.1) is 5.92 Å². The molecule has 1 rings (SSSR count). The Morgan fingerprint density at radius 3 is 2.67 bits per heavy atom. The van der Waals surface area contributed by atoms with Crippen LogP contribution < -0.4 is 0 Å². The minimum Gasteiger partial charge on any atom is -0.469 e. The van der Waals surface area contributed by atoms with E-state index in [4.69, 9.17) is 0 Å². The van der Waals surface area contributed by atoms with E-state index < -0.39 is 21.7 Å². The summed E-state index contributed by atoms with van der Waals surface area (Å²) in [5.74, 6) is -1.43. The normalized spacial score (nSPS) is 13.1. The molecule has 0 fully saturated rings. The van der Waals surface area contributed by atoms with E-state index in [1.807, 2.05) is 6.07 Å². The number of rotatable bonds is 5. The quantitative estimate of drug-likeness (QED) is 0.774. The lowest BCUT2D eigenvalue weighted by atomic mass is 10.2. The molecule has 100 valence electrons. The van der Waals surface area contributed by atoms with Crippen LogP contribution in [0.4, 0.5) is 0 Å². The second kappa shape index (κ2) is 6.33. The van der Waals surface area contributed by atoms with Gasteiger partial charge in [0.1, 0.15) is 0 Å². The largest absolute Gasteiger partial charge is 0.469 e. The van der Waals surface area contributed by atoms with Gasteiger partial charge >= 0.3 is 5.97 Å². The molecule has 1 atom stereocenters. The zero-order valence-electron chi connectivity index (χ0n) is 10.2. The van der Waals surface area contributed by atoms with Crippen molar-refractivity contribution in [2.45, 2.75) is 12.7 Å². The van der Waals surface area contributed by atoms with Gasteiger partial charge in [0.2, 0.25) is 0 Å². The first-order valence-corrected chi connectivity index (χ1v) is 7.98. The fourth-order valence-corrected chi connectivity index (χ4v) is 3.74. The molecule has 0 saturated carbocycles. The van der Waals surface area contributed by atoms with Gasteiger partial charge < -0.3 is 4.74 Å². The highest BCUT2D eigenvalue weighted by molar-refractivity contribution is 9.10. The van der Waals surface area contributed by atoms with Crippen molar-refractivity contribution in [3.63, 3.8) is 0 Å². The van der Waals surface area contributed by atoms with Crippen LogP contribution in [0.5, 0.6) is 0 Å². The number of methoxy groups -OCH3 is 1. The van der Waals surface area contributed by atoms with Crippen molar-refractivity contribution in [2.24, 2.45) is 5.92 Å². The molecule has 18 heavy (non-hydrogen) atoms. The molecule has 6 heteroatoms. The number of hydrogen-bond acceptors (Lipinski definition) is 4. The van der Waals surface area contributed by atoms with Gasteiger partial charge in [-0.05, 0) is 17.7 Å². The van der Waals surface area contributed by atoms with Crippen molar-refractivity contribution < 1.29 is 17.9 Å². The molecule has 1 aromatic rings. The maximum atomic E-state index is 11.9. The van der Waals surface area contributed by atoms with Crippen LogP contribution in [0.25, 0.3) is 0 Å². The molecule has 0 bridgehead atoms. The average Bonchev–Trinajstić information content (AvgIpc) is 2.26. The van der Waals surface area contributed by atoms with Crippen LogP contribution >= 0.6 is 15.9 Å². The van der Waals surface area contributed by atoms with Gasteiger partial charge in [0.15, 0.2) is 9.84 Å². The van der Waals surface area contributed by atoms with Crippen molar-refractivity contribution in [2.75, 3.05) is 12.9 Å². The van der Waals surface area contributed by atoms with Crippen molar-refractivity contribution in [1.29, 1.82) is 0 Å². The summed E-state index contributed by atoms with van der Waals surface area (Å²) in [7, 11) is -2.08. The Bertz CT molecular complexity index is 525. The second-order valence-electron chi connectivity index (χ2n) is 4.11. The number of hydrogen-bond donors (Lipinski definition) is 0. The van der Waals surface area contributed by atoms with E-state index in [2.05, 4.69) is 20.7 Å². The Morgan fingerprint density at radius 2 is 2.11 bits per heavy atom. The molecule has 0 aromatic heterocycles. The van der Waals surface area contributed by atoms with E-state index in [-0.39, 0.29) is 11.5 Å². The minimum absolute atomic E-state index is 0.0756. The molecule has 0 spiro atoms. The highest BCUT2D eigenvalue weighted by Gasteiger charge is 2.22. The summed E-state index contributed by atoms with van der Waals surface area (Å²) < 4.78 is 29.2. The second-order valence-corrected chi connectivity index (χ2v) is 7.13. The smallest absolute Gasteiger partial charge is 0.309 e. The fraction of sp³-hybridized carbons (Fsp3) is 0.417. The summed E-state index contributed by atoms with van der Waals surface area (Å²) in [5, 5.41) is 0. The van der Waals surface area contributed by atoms with Gasteiger partial charge in [-0.3, -0.25) is 4.79 Å². The van der Waals surface area contributed by atoms with Crippen molar-refractivity contribution in [3.05, 3.63) is 34.3 Å². The number of sulfone groups is 1. The number of benzene rings is 1. The molecular formula is C12H15BrO4S. The fourth-order valence-electron chi connectivity index (χ4n) is 1.59. The first-order chi connectivity index (χ1) is 8.34. The van der Waals surface area contributed by atoms with Crippen LogP contribution in [-0.2, 0) is 25.1 Å². The van der Waals surface area contributed by atoms with E-state index in [0.717, 1.165) is 4.47 Å². The topological polar surface area (TPSA) is 60.4 Å². The minimum atomic E-state index is -3.33.